The zero-order valence-electron chi connectivity index (χ0n) is 11.9. The van der Waals surface area contributed by atoms with Gasteiger partial charge in [0.05, 0.1) is 25.4 Å². The first kappa shape index (κ1) is 15.4. The molecule has 116 valence electrons. The van der Waals surface area contributed by atoms with Crippen molar-refractivity contribution in [3.05, 3.63) is 17.7 Å². The molecule has 0 aromatic heterocycles. The SMILES string of the molecule is NC(=O)c1cc(OCCCN2CCOCC2)c(O)cc1N. The molecule has 1 aromatic carbocycles. The lowest BCUT2D eigenvalue weighted by Crippen LogP contribution is -2.37. The summed E-state index contributed by atoms with van der Waals surface area (Å²) in [4.78, 5) is 13.5. The lowest BCUT2D eigenvalue weighted by atomic mass is 10.1. The number of anilines is 1. The number of carbonyl (C=O) groups excluding carboxylic acids is 1. The first-order valence-corrected chi connectivity index (χ1v) is 6.93. The third-order valence-corrected chi connectivity index (χ3v) is 3.38. The fourth-order valence-electron chi connectivity index (χ4n) is 2.21. The van der Waals surface area contributed by atoms with Crippen LogP contribution in [0, 0.1) is 0 Å². The summed E-state index contributed by atoms with van der Waals surface area (Å²) in [5, 5.41) is 9.76. The molecule has 0 saturated carbocycles. The molecule has 0 aliphatic carbocycles. The van der Waals surface area contributed by atoms with Crippen LogP contribution in [0.15, 0.2) is 12.1 Å². The van der Waals surface area contributed by atoms with Gasteiger partial charge >= 0.3 is 0 Å². The van der Waals surface area contributed by atoms with E-state index in [1.165, 1.54) is 12.1 Å². The summed E-state index contributed by atoms with van der Waals surface area (Å²) >= 11 is 0. The second kappa shape index (κ2) is 7.14. The van der Waals surface area contributed by atoms with Gasteiger partial charge in [0.2, 0.25) is 0 Å². The summed E-state index contributed by atoms with van der Waals surface area (Å²) in [6.07, 6.45) is 0.815. The van der Waals surface area contributed by atoms with E-state index in [0.29, 0.717) is 6.61 Å². The van der Waals surface area contributed by atoms with Gasteiger partial charge in [-0.3, -0.25) is 9.69 Å². The molecule has 7 nitrogen and oxygen atoms in total. The van der Waals surface area contributed by atoms with E-state index in [9.17, 15) is 9.90 Å². The number of morpholine rings is 1. The molecular weight excluding hydrogens is 274 g/mol. The number of nitrogens with zero attached hydrogens (tertiary/aromatic N) is 1. The molecule has 0 radical (unpaired) electrons. The van der Waals surface area contributed by atoms with E-state index in [1.807, 2.05) is 0 Å². The number of phenols is 1. The number of phenolic OH excluding ortho intramolecular Hbond substituents is 1. The molecule has 1 heterocycles. The van der Waals surface area contributed by atoms with Gasteiger partial charge in [-0.25, -0.2) is 0 Å². The minimum absolute atomic E-state index is 0.0936. The number of carbonyl (C=O) groups is 1. The van der Waals surface area contributed by atoms with E-state index in [-0.39, 0.29) is 22.7 Å². The average molecular weight is 295 g/mol. The maximum absolute atomic E-state index is 11.2. The summed E-state index contributed by atoms with van der Waals surface area (Å²) in [6.45, 7) is 4.73. The number of nitrogens with two attached hydrogens (primary N) is 2. The van der Waals surface area contributed by atoms with Gasteiger partial charge in [-0.2, -0.15) is 0 Å². The second-order valence-corrected chi connectivity index (χ2v) is 4.93. The van der Waals surface area contributed by atoms with Crippen molar-refractivity contribution < 1.29 is 19.4 Å². The number of primary amides is 1. The van der Waals surface area contributed by atoms with Crippen LogP contribution in [0.5, 0.6) is 11.5 Å². The number of hydrogen-bond acceptors (Lipinski definition) is 6. The van der Waals surface area contributed by atoms with Gasteiger partial charge in [0.15, 0.2) is 11.5 Å². The molecule has 1 fully saturated rings. The van der Waals surface area contributed by atoms with E-state index in [2.05, 4.69) is 4.90 Å². The number of aromatic hydroxyl groups is 1. The molecule has 1 saturated heterocycles. The smallest absolute Gasteiger partial charge is 0.250 e. The Hall–Kier alpha value is -1.99. The van der Waals surface area contributed by atoms with Crippen molar-refractivity contribution in [1.82, 2.24) is 4.90 Å². The van der Waals surface area contributed by atoms with Gasteiger partial charge in [0, 0.05) is 31.4 Å². The normalized spacial score (nSPS) is 15.8. The molecule has 0 unspecified atom stereocenters. The standard InChI is InChI=1S/C14H21N3O4/c15-11-9-12(18)13(8-10(11)14(16)19)21-5-1-2-17-3-6-20-7-4-17/h8-9,18H,1-7,15H2,(H2,16,19). The first-order valence-electron chi connectivity index (χ1n) is 6.93. The van der Waals surface area contributed by atoms with Crippen molar-refractivity contribution in [2.75, 3.05) is 45.2 Å². The van der Waals surface area contributed by atoms with E-state index in [1.54, 1.807) is 0 Å². The summed E-state index contributed by atoms with van der Waals surface area (Å²) in [5.74, 6) is -0.519. The number of nitrogen functional groups attached to an aromatic ring is 1. The molecule has 1 amide bonds. The van der Waals surface area contributed by atoms with E-state index < -0.39 is 5.91 Å². The number of hydrogen-bond donors (Lipinski definition) is 3. The van der Waals surface area contributed by atoms with Gasteiger partial charge in [-0.1, -0.05) is 0 Å². The molecule has 2 rings (SSSR count). The summed E-state index contributed by atoms with van der Waals surface area (Å²) < 4.78 is 10.8. The zero-order valence-corrected chi connectivity index (χ0v) is 11.9. The van der Waals surface area contributed by atoms with Crippen molar-refractivity contribution in [1.29, 1.82) is 0 Å². The summed E-state index contributed by atoms with van der Waals surface area (Å²) in [5.41, 5.74) is 11.1. The maximum Gasteiger partial charge on any atom is 0.250 e. The maximum atomic E-state index is 11.2. The molecule has 1 aliphatic heterocycles. The van der Waals surface area contributed by atoms with Gasteiger partial charge in [-0.15, -0.1) is 0 Å². The predicted octanol–water partition coefficient (Wildman–Crippen LogP) is 0.174. The molecule has 1 aromatic rings. The highest BCUT2D eigenvalue weighted by atomic mass is 16.5. The summed E-state index contributed by atoms with van der Waals surface area (Å²) in [7, 11) is 0. The van der Waals surface area contributed by atoms with E-state index in [4.69, 9.17) is 20.9 Å². The van der Waals surface area contributed by atoms with Gasteiger partial charge < -0.3 is 26.0 Å². The van der Waals surface area contributed by atoms with E-state index in [0.717, 1.165) is 39.3 Å². The van der Waals surface area contributed by atoms with Crippen LogP contribution in [-0.2, 0) is 4.74 Å². The van der Waals surface area contributed by atoms with Crippen LogP contribution in [0.3, 0.4) is 0 Å². The highest BCUT2D eigenvalue weighted by Crippen LogP contribution is 2.31. The quantitative estimate of drug-likeness (QED) is 0.510. The fraction of sp³-hybridized carbons (Fsp3) is 0.500. The number of ether oxygens (including phenoxy) is 2. The third kappa shape index (κ3) is 4.24. The molecule has 5 N–H and O–H groups in total. The molecule has 0 bridgehead atoms. The third-order valence-electron chi connectivity index (χ3n) is 3.38. The zero-order chi connectivity index (χ0) is 15.2. The highest BCUT2D eigenvalue weighted by molar-refractivity contribution is 5.98. The number of rotatable bonds is 6. The van der Waals surface area contributed by atoms with Crippen LogP contribution in [0.25, 0.3) is 0 Å². The summed E-state index contributed by atoms with van der Waals surface area (Å²) in [6, 6.07) is 2.65. The van der Waals surface area contributed by atoms with Gasteiger partial charge in [0.25, 0.3) is 5.91 Å². The molecular formula is C14H21N3O4. The Balaban J connectivity index is 1.85. The Labute approximate surface area is 123 Å². The lowest BCUT2D eigenvalue weighted by molar-refractivity contribution is 0.0357. The van der Waals surface area contributed by atoms with Crippen molar-refractivity contribution in [3.63, 3.8) is 0 Å². The van der Waals surface area contributed by atoms with Crippen LogP contribution < -0.4 is 16.2 Å². The fourth-order valence-corrected chi connectivity index (χ4v) is 2.21. The van der Waals surface area contributed by atoms with E-state index >= 15 is 0 Å². The molecule has 1 aliphatic rings. The van der Waals surface area contributed by atoms with Crippen LogP contribution in [-0.4, -0.2) is 55.4 Å². The molecule has 0 atom stereocenters. The van der Waals surface area contributed by atoms with Crippen LogP contribution >= 0.6 is 0 Å². The van der Waals surface area contributed by atoms with Gasteiger partial charge in [-0.05, 0) is 12.5 Å². The van der Waals surface area contributed by atoms with Crippen molar-refractivity contribution in [3.8, 4) is 11.5 Å². The number of amides is 1. The van der Waals surface area contributed by atoms with Crippen LogP contribution in [0.2, 0.25) is 0 Å². The second-order valence-electron chi connectivity index (χ2n) is 4.93. The Morgan fingerprint density at radius 2 is 2.10 bits per heavy atom. The van der Waals surface area contributed by atoms with Crippen molar-refractivity contribution in [2.45, 2.75) is 6.42 Å². The molecule has 7 heteroatoms. The predicted molar refractivity (Wildman–Crippen MR) is 78.4 cm³/mol. The molecule has 21 heavy (non-hydrogen) atoms. The van der Waals surface area contributed by atoms with Crippen molar-refractivity contribution in [2.24, 2.45) is 5.73 Å². The van der Waals surface area contributed by atoms with Crippen LogP contribution in [0.4, 0.5) is 5.69 Å². The minimum Gasteiger partial charge on any atom is -0.504 e. The molecule has 0 spiro atoms. The topological polar surface area (TPSA) is 111 Å². The van der Waals surface area contributed by atoms with Crippen molar-refractivity contribution >= 4 is 11.6 Å². The number of benzene rings is 1. The average Bonchev–Trinajstić information content (AvgIpc) is 2.46. The van der Waals surface area contributed by atoms with Crippen LogP contribution in [0.1, 0.15) is 16.8 Å². The highest BCUT2D eigenvalue weighted by Gasteiger charge is 2.13. The largest absolute Gasteiger partial charge is 0.504 e. The Kier molecular flexibility index (Phi) is 5.24. The first-order chi connectivity index (χ1) is 10.1. The lowest BCUT2D eigenvalue weighted by Gasteiger charge is -2.26. The monoisotopic (exact) mass is 295 g/mol. The Bertz CT molecular complexity index is 501. The Morgan fingerprint density at radius 1 is 1.38 bits per heavy atom. The Morgan fingerprint density at radius 3 is 2.76 bits per heavy atom. The van der Waals surface area contributed by atoms with Gasteiger partial charge in [0.1, 0.15) is 0 Å². The minimum atomic E-state index is -0.648.